The zero-order chi connectivity index (χ0) is 23.4. The second-order valence-corrected chi connectivity index (χ2v) is 11.0. The Morgan fingerprint density at radius 1 is 1.31 bits per heavy atom. The van der Waals surface area contributed by atoms with Gasteiger partial charge in [-0.05, 0) is 43.9 Å². The Bertz CT molecular complexity index is 1100. The Hall–Kier alpha value is -2.42. The average molecular weight is 478 g/mol. The largest absolute Gasteiger partial charge is 0.411 e. The molecular formula is C21H27N5O4S2. The summed E-state index contributed by atoms with van der Waals surface area (Å²) in [6.07, 6.45) is 2.77. The molecule has 1 saturated heterocycles. The number of rotatable bonds is 8. The monoisotopic (exact) mass is 477 g/mol. The number of piperidine rings is 1. The lowest BCUT2D eigenvalue weighted by molar-refractivity contribution is -0.120. The van der Waals surface area contributed by atoms with Crippen LogP contribution in [0.5, 0.6) is 0 Å². The van der Waals surface area contributed by atoms with Crippen molar-refractivity contribution in [3.05, 3.63) is 24.3 Å². The van der Waals surface area contributed by atoms with Gasteiger partial charge in [0.15, 0.2) is 0 Å². The van der Waals surface area contributed by atoms with Gasteiger partial charge in [-0.2, -0.15) is 9.57 Å². The van der Waals surface area contributed by atoms with Crippen LogP contribution in [0.4, 0.5) is 0 Å². The van der Waals surface area contributed by atoms with Crippen molar-refractivity contribution in [1.82, 2.24) is 19.8 Å². The number of nitrogens with zero attached hydrogens (tertiary/aromatic N) is 4. The number of hydrogen-bond acceptors (Lipinski definition) is 8. The quantitative estimate of drug-likeness (QED) is 0.574. The molecule has 3 rings (SSSR count). The molecule has 0 spiro atoms. The molecule has 1 fully saturated rings. The van der Waals surface area contributed by atoms with Crippen molar-refractivity contribution < 1.29 is 17.6 Å². The van der Waals surface area contributed by atoms with Gasteiger partial charge in [-0.25, -0.2) is 8.42 Å². The molecule has 0 bridgehead atoms. The smallest absolute Gasteiger partial charge is 0.277 e. The molecule has 0 radical (unpaired) electrons. The van der Waals surface area contributed by atoms with Crippen LogP contribution in [-0.4, -0.2) is 53.2 Å². The van der Waals surface area contributed by atoms with Crippen LogP contribution in [-0.2, 0) is 14.8 Å². The van der Waals surface area contributed by atoms with Crippen LogP contribution < -0.4 is 5.32 Å². The number of amides is 1. The van der Waals surface area contributed by atoms with Gasteiger partial charge in [0, 0.05) is 18.7 Å². The van der Waals surface area contributed by atoms with E-state index in [4.69, 9.17) is 4.42 Å². The van der Waals surface area contributed by atoms with Gasteiger partial charge in [-0.1, -0.05) is 38.1 Å². The number of sulfonamides is 1. The standard InChI is InChI=1S/C21H27N5O4S2/c1-15(2)21(3,14-22)23-18(27)13-31-20-25-24-19(30-20)16-8-7-9-17(12-16)32(28,29)26-10-5-4-6-11-26/h7-9,12,15H,4-6,10-11,13H2,1-3H3,(H,23,27)/t21-/m1/s1. The van der Waals surface area contributed by atoms with Crippen molar-refractivity contribution in [2.75, 3.05) is 18.8 Å². The number of hydrogen-bond donors (Lipinski definition) is 1. The Morgan fingerprint density at radius 2 is 2.03 bits per heavy atom. The highest BCUT2D eigenvalue weighted by Gasteiger charge is 2.30. The molecule has 1 aliphatic heterocycles. The molecule has 32 heavy (non-hydrogen) atoms. The fraction of sp³-hybridized carbons (Fsp3) is 0.524. The number of benzene rings is 1. The van der Waals surface area contributed by atoms with Crippen molar-refractivity contribution >= 4 is 27.7 Å². The van der Waals surface area contributed by atoms with Crippen LogP contribution in [0.2, 0.25) is 0 Å². The fourth-order valence-electron chi connectivity index (χ4n) is 3.18. The van der Waals surface area contributed by atoms with Crippen LogP contribution in [0.1, 0.15) is 40.0 Å². The average Bonchev–Trinajstić information content (AvgIpc) is 3.27. The Labute approximate surface area is 192 Å². The maximum Gasteiger partial charge on any atom is 0.277 e. The molecule has 1 amide bonds. The number of nitriles is 1. The third-order valence-electron chi connectivity index (χ3n) is 5.55. The Balaban J connectivity index is 1.68. The van der Waals surface area contributed by atoms with E-state index in [0.29, 0.717) is 18.7 Å². The van der Waals surface area contributed by atoms with Gasteiger partial charge in [0.25, 0.3) is 5.22 Å². The molecule has 2 heterocycles. The van der Waals surface area contributed by atoms with Gasteiger partial charge in [-0.15, -0.1) is 10.2 Å². The van der Waals surface area contributed by atoms with Gasteiger partial charge < -0.3 is 9.73 Å². The van der Waals surface area contributed by atoms with Crippen molar-refractivity contribution in [3.8, 4) is 17.5 Å². The minimum atomic E-state index is -3.58. The summed E-state index contributed by atoms with van der Waals surface area (Å²) in [6.45, 7) is 6.45. The van der Waals surface area contributed by atoms with Crippen LogP contribution in [0, 0.1) is 17.2 Å². The number of carbonyl (C=O) groups excluding carboxylic acids is 1. The van der Waals surface area contributed by atoms with E-state index in [9.17, 15) is 18.5 Å². The molecule has 172 valence electrons. The molecule has 1 N–H and O–H groups in total. The summed E-state index contributed by atoms with van der Waals surface area (Å²) in [7, 11) is -3.58. The highest BCUT2D eigenvalue weighted by Crippen LogP contribution is 2.27. The van der Waals surface area contributed by atoms with Crippen LogP contribution in [0.15, 0.2) is 38.8 Å². The van der Waals surface area contributed by atoms with E-state index in [1.54, 1.807) is 25.1 Å². The van der Waals surface area contributed by atoms with E-state index in [1.807, 2.05) is 13.8 Å². The fourth-order valence-corrected chi connectivity index (χ4v) is 5.31. The maximum absolute atomic E-state index is 12.9. The van der Waals surface area contributed by atoms with Crippen LogP contribution in [0.25, 0.3) is 11.5 Å². The van der Waals surface area contributed by atoms with E-state index in [1.165, 1.54) is 10.4 Å². The first-order valence-electron chi connectivity index (χ1n) is 10.4. The molecule has 1 aromatic carbocycles. The second-order valence-electron chi connectivity index (χ2n) is 8.17. The molecule has 0 saturated carbocycles. The van der Waals surface area contributed by atoms with Gasteiger partial charge >= 0.3 is 0 Å². The summed E-state index contributed by atoms with van der Waals surface area (Å²) < 4.78 is 33.0. The number of aromatic nitrogens is 2. The van der Waals surface area contributed by atoms with Crippen molar-refractivity contribution in [2.24, 2.45) is 5.92 Å². The van der Waals surface area contributed by atoms with Gasteiger partial charge in [0.1, 0.15) is 5.54 Å². The summed E-state index contributed by atoms with van der Waals surface area (Å²) >= 11 is 1.05. The summed E-state index contributed by atoms with van der Waals surface area (Å²) in [5.74, 6) is -0.186. The lowest BCUT2D eigenvalue weighted by atomic mass is 9.90. The van der Waals surface area contributed by atoms with Crippen LogP contribution in [0.3, 0.4) is 0 Å². The van der Waals surface area contributed by atoms with Crippen molar-refractivity contribution in [3.63, 3.8) is 0 Å². The summed E-state index contributed by atoms with van der Waals surface area (Å²) in [6, 6.07) is 8.56. The third kappa shape index (κ3) is 5.49. The predicted molar refractivity (Wildman–Crippen MR) is 120 cm³/mol. The molecule has 9 nitrogen and oxygen atoms in total. The van der Waals surface area contributed by atoms with E-state index >= 15 is 0 Å². The van der Waals surface area contributed by atoms with Crippen molar-refractivity contribution in [1.29, 1.82) is 5.26 Å². The van der Waals surface area contributed by atoms with E-state index in [-0.39, 0.29) is 33.6 Å². The molecule has 1 atom stereocenters. The lowest BCUT2D eigenvalue weighted by Crippen LogP contribution is -2.49. The topological polar surface area (TPSA) is 129 Å². The molecule has 0 unspecified atom stereocenters. The van der Waals surface area contributed by atoms with Crippen LogP contribution >= 0.6 is 11.8 Å². The number of nitrogens with one attached hydrogen (secondary N) is 1. The van der Waals surface area contributed by atoms with E-state index in [2.05, 4.69) is 21.6 Å². The maximum atomic E-state index is 12.9. The predicted octanol–water partition coefficient (Wildman–Crippen LogP) is 3.06. The second kappa shape index (κ2) is 10.0. The summed E-state index contributed by atoms with van der Waals surface area (Å²) in [4.78, 5) is 12.4. The first kappa shape index (κ1) is 24.2. The SMILES string of the molecule is CC(C)[C@@](C)(C#N)NC(=O)CSc1nnc(-c2cccc(S(=O)(=O)N3CCCCC3)c2)o1. The van der Waals surface area contributed by atoms with Gasteiger partial charge in [0.05, 0.1) is 16.7 Å². The van der Waals surface area contributed by atoms with Gasteiger partial charge in [-0.3, -0.25) is 4.79 Å². The highest BCUT2D eigenvalue weighted by molar-refractivity contribution is 7.99. The van der Waals surface area contributed by atoms with E-state index in [0.717, 1.165) is 31.0 Å². The molecule has 11 heteroatoms. The van der Waals surface area contributed by atoms with Crippen molar-refractivity contribution in [2.45, 2.75) is 55.7 Å². The third-order valence-corrected chi connectivity index (χ3v) is 8.27. The molecule has 0 aliphatic carbocycles. The highest BCUT2D eigenvalue weighted by atomic mass is 32.2. The minimum Gasteiger partial charge on any atom is -0.411 e. The minimum absolute atomic E-state index is 0.00893. The first-order valence-corrected chi connectivity index (χ1v) is 12.9. The number of thioether (sulfide) groups is 1. The molecular weight excluding hydrogens is 450 g/mol. The zero-order valence-corrected chi connectivity index (χ0v) is 20.0. The lowest BCUT2D eigenvalue weighted by Gasteiger charge is -2.27. The summed E-state index contributed by atoms with van der Waals surface area (Å²) in [5, 5.41) is 20.2. The Morgan fingerprint density at radius 3 is 2.69 bits per heavy atom. The summed E-state index contributed by atoms with van der Waals surface area (Å²) in [5.41, 5.74) is -0.471. The van der Waals surface area contributed by atoms with Gasteiger partial charge in [0.2, 0.25) is 21.8 Å². The molecule has 1 aliphatic rings. The zero-order valence-electron chi connectivity index (χ0n) is 18.4. The number of carbonyl (C=O) groups is 1. The van der Waals surface area contributed by atoms with E-state index < -0.39 is 15.6 Å². The molecule has 1 aromatic heterocycles. The first-order chi connectivity index (χ1) is 15.2. The molecule has 2 aromatic rings. The normalized spacial score (nSPS) is 17.0. The Kier molecular flexibility index (Phi) is 7.59.